The summed E-state index contributed by atoms with van der Waals surface area (Å²) in [6.45, 7) is 7.74. The van der Waals surface area contributed by atoms with Gasteiger partial charge in [-0.25, -0.2) is 9.97 Å². The first-order valence-electron chi connectivity index (χ1n) is 7.32. The molecule has 0 amide bonds. The van der Waals surface area contributed by atoms with Crippen LogP contribution in [0.3, 0.4) is 0 Å². The topological polar surface area (TPSA) is 37.8 Å². The normalized spacial score (nSPS) is 14.3. The Bertz CT molecular complexity index is 539. The summed E-state index contributed by atoms with van der Waals surface area (Å²) in [5.74, 6) is 1.72. The van der Waals surface area contributed by atoms with Gasteiger partial charge < -0.3 is 5.32 Å². The Hall–Kier alpha value is -1.13. The van der Waals surface area contributed by atoms with Gasteiger partial charge in [-0.1, -0.05) is 45.4 Å². The van der Waals surface area contributed by atoms with Gasteiger partial charge in [-0.3, -0.25) is 0 Å². The fraction of sp³-hybridized carbons (Fsp3) is 0.500. The molecule has 1 aromatic heterocycles. The predicted molar refractivity (Wildman–Crippen MR) is 87.2 cm³/mol. The van der Waals surface area contributed by atoms with Crippen molar-refractivity contribution in [2.75, 3.05) is 12.3 Å². The van der Waals surface area contributed by atoms with E-state index in [9.17, 15) is 0 Å². The molecule has 0 saturated carbocycles. The van der Waals surface area contributed by atoms with Crippen molar-refractivity contribution in [1.82, 2.24) is 15.3 Å². The second kappa shape index (κ2) is 7.60. The number of nitrogens with zero attached hydrogens (tertiary/aromatic N) is 2. The quantitative estimate of drug-likeness (QED) is 0.622. The van der Waals surface area contributed by atoms with Crippen LogP contribution in [-0.2, 0) is 0 Å². The molecule has 2 rings (SSSR count). The zero-order chi connectivity index (χ0) is 14.4. The second-order valence-corrected chi connectivity index (χ2v) is 6.07. The van der Waals surface area contributed by atoms with Crippen molar-refractivity contribution in [1.29, 1.82) is 0 Å². The fourth-order valence-corrected chi connectivity index (χ4v) is 3.47. The van der Waals surface area contributed by atoms with Gasteiger partial charge in [-0.2, -0.15) is 0 Å². The average Bonchev–Trinajstić information content (AvgIpc) is 2.50. The van der Waals surface area contributed by atoms with Gasteiger partial charge in [0, 0.05) is 17.2 Å². The van der Waals surface area contributed by atoms with Gasteiger partial charge in [-0.15, -0.1) is 11.8 Å². The summed E-state index contributed by atoms with van der Waals surface area (Å²) < 4.78 is 0. The molecule has 0 spiro atoms. The predicted octanol–water partition coefficient (Wildman–Crippen LogP) is 3.75. The Morgan fingerprint density at radius 2 is 2.00 bits per heavy atom. The average molecular weight is 289 g/mol. The third-order valence-corrected chi connectivity index (χ3v) is 4.83. The maximum Gasteiger partial charge on any atom is 0.117 e. The van der Waals surface area contributed by atoms with Crippen LogP contribution in [0.4, 0.5) is 0 Å². The van der Waals surface area contributed by atoms with Crippen LogP contribution >= 0.6 is 11.8 Å². The van der Waals surface area contributed by atoms with Crippen molar-refractivity contribution < 1.29 is 0 Å². The molecule has 0 aliphatic carbocycles. The van der Waals surface area contributed by atoms with Gasteiger partial charge in [0.25, 0.3) is 0 Å². The number of benzene rings is 1. The molecule has 1 aromatic carbocycles. The van der Waals surface area contributed by atoms with Gasteiger partial charge in [0.05, 0.1) is 5.52 Å². The maximum atomic E-state index is 4.45. The van der Waals surface area contributed by atoms with Crippen LogP contribution in [0.2, 0.25) is 0 Å². The van der Waals surface area contributed by atoms with E-state index in [0.29, 0.717) is 12.0 Å². The number of rotatable bonds is 7. The van der Waals surface area contributed by atoms with E-state index in [-0.39, 0.29) is 0 Å². The molecular weight excluding hydrogens is 266 g/mol. The lowest BCUT2D eigenvalue weighted by Crippen LogP contribution is -2.36. The summed E-state index contributed by atoms with van der Waals surface area (Å²) >= 11 is 1.83. The first-order valence-corrected chi connectivity index (χ1v) is 8.30. The monoisotopic (exact) mass is 289 g/mol. The molecule has 0 aliphatic rings. The second-order valence-electron chi connectivity index (χ2n) is 5.06. The van der Waals surface area contributed by atoms with Crippen LogP contribution < -0.4 is 5.32 Å². The van der Waals surface area contributed by atoms with E-state index in [1.807, 2.05) is 30.0 Å². The van der Waals surface area contributed by atoms with E-state index in [1.165, 1.54) is 6.42 Å². The molecule has 20 heavy (non-hydrogen) atoms. The summed E-state index contributed by atoms with van der Waals surface area (Å²) in [4.78, 5) is 8.76. The maximum absolute atomic E-state index is 4.45. The molecule has 4 heteroatoms. The third kappa shape index (κ3) is 3.70. The van der Waals surface area contributed by atoms with Crippen LogP contribution in [0.15, 0.2) is 35.6 Å². The van der Waals surface area contributed by atoms with Crippen LogP contribution in [0.1, 0.15) is 27.2 Å². The highest BCUT2D eigenvalue weighted by Crippen LogP contribution is 2.26. The van der Waals surface area contributed by atoms with E-state index in [4.69, 9.17) is 0 Å². The summed E-state index contributed by atoms with van der Waals surface area (Å²) in [6, 6.07) is 8.74. The minimum Gasteiger partial charge on any atom is -0.313 e. The third-order valence-electron chi connectivity index (χ3n) is 3.70. The molecule has 1 N–H and O–H groups in total. The molecular formula is C16H23N3S. The largest absolute Gasteiger partial charge is 0.313 e. The van der Waals surface area contributed by atoms with Crippen molar-refractivity contribution in [2.24, 2.45) is 5.92 Å². The lowest BCUT2D eigenvalue weighted by Gasteiger charge is -2.23. The van der Waals surface area contributed by atoms with Crippen molar-refractivity contribution in [3.05, 3.63) is 30.6 Å². The van der Waals surface area contributed by atoms with Crippen LogP contribution in [0.5, 0.6) is 0 Å². The number of fused-ring (bicyclic) bond motifs is 1. The zero-order valence-corrected chi connectivity index (χ0v) is 13.3. The molecule has 108 valence electrons. The molecule has 0 bridgehead atoms. The Morgan fingerprint density at radius 3 is 2.75 bits per heavy atom. The number of hydrogen-bond donors (Lipinski definition) is 1. The van der Waals surface area contributed by atoms with Crippen LogP contribution in [0.25, 0.3) is 10.9 Å². The van der Waals surface area contributed by atoms with Gasteiger partial charge >= 0.3 is 0 Å². The molecule has 0 aliphatic heterocycles. The highest BCUT2D eigenvalue weighted by Gasteiger charge is 2.15. The van der Waals surface area contributed by atoms with Crippen LogP contribution in [-0.4, -0.2) is 28.3 Å². The molecule has 0 fully saturated rings. The van der Waals surface area contributed by atoms with E-state index in [0.717, 1.165) is 28.2 Å². The lowest BCUT2D eigenvalue weighted by molar-refractivity contribution is 0.404. The van der Waals surface area contributed by atoms with Gasteiger partial charge in [0.1, 0.15) is 11.4 Å². The molecule has 2 atom stereocenters. The molecule has 0 saturated heterocycles. The van der Waals surface area contributed by atoms with Crippen molar-refractivity contribution in [2.45, 2.75) is 38.3 Å². The highest BCUT2D eigenvalue weighted by atomic mass is 32.2. The molecule has 3 nitrogen and oxygen atoms in total. The summed E-state index contributed by atoms with van der Waals surface area (Å²) in [5.41, 5.74) is 1.02. The van der Waals surface area contributed by atoms with Crippen molar-refractivity contribution in [3.63, 3.8) is 0 Å². The van der Waals surface area contributed by atoms with Crippen molar-refractivity contribution >= 4 is 22.7 Å². The minimum absolute atomic E-state index is 0.531. The fourth-order valence-electron chi connectivity index (χ4n) is 2.23. The highest BCUT2D eigenvalue weighted by molar-refractivity contribution is 7.99. The van der Waals surface area contributed by atoms with E-state index in [1.54, 1.807) is 6.33 Å². The molecule has 2 aromatic rings. The number of hydrogen-bond acceptors (Lipinski definition) is 4. The standard InChI is InChI=1S/C16H23N3S/c1-4-12(3)15(17-5-2)10-20-16-13-8-6-7-9-14(13)18-11-19-16/h6-9,11-12,15,17H,4-5,10H2,1-3H3. The first-order chi connectivity index (χ1) is 9.76. The molecule has 1 heterocycles. The SMILES string of the molecule is CCNC(CSc1ncnc2ccccc12)C(C)CC. The Balaban J connectivity index is 2.11. The molecule has 2 unspecified atom stereocenters. The van der Waals surface area contributed by atoms with Crippen LogP contribution in [0, 0.1) is 5.92 Å². The van der Waals surface area contributed by atoms with Gasteiger partial charge in [-0.05, 0) is 18.5 Å². The lowest BCUT2D eigenvalue weighted by atomic mass is 10.0. The summed E-state index contributed by atoms with van der Waals surface area (Å²) in [5, 5.41) is 5.82. The number of nitrogens with one attached hydrogen (secondary N) is 1. The van der Waals surface area contributed by atoms with E-state index >= 15 is 0 Å². The Morgan fingerprint density at radius 1 is 1.20 bits per heavy atom. The summed E-state index contributed by atoms with van der Waals surface area (Å²) in [7, 11) is 0. The van der Waals surface area contributed by atoms with Crippen molar-refractivity contribution in [3.8, 4) is 0 Å². The van der Waals surface area contributed by atoms with E-state index in [2.05, 4.69) is 42.1 Å². The molecule has 0 radical (unpaired) electrons. The van der Waals surface area contributed by atoms with Gasteiger partial charge in [0.15, 0.2) is 0 Å². The minimum atomic E-state index is 0.531. The smallest absolute Gasteiger partial charge is 0.117 e. The Labute approximate surface area is 125 Å². The number of thioether (sulfide) groups is 1. The zero-order valence-electron chi connectivity index (χ0n) is 12.5. The van der Waals surface area contributed by atoms with Gasteiger partial charge in [0.2, 0.25) is 0 Å². The first kappa shape index (κ1) is 15.3. The Kier molecular flexibility index (Phi) is 5.80. The number of para-hydroxylation sites is 1. The number of aromatic nitrogens is 2. The van der Waals surface area contributed by atoms with E-state index < -0.39 is 0 Å². The summed E-state index contributed by atoms with van der Waals surface area (Å²) in [6.07, 6.45) is 2.86.